The van der Waals surface area contributed by atoms with Crippen molar-refractivity contribution >= 4 is 28.1 Å². The molecule has 0 aliphatic carbocycles. The van der Waals surface area contributed by atoms with Gasteiger partial charge in [-0.1, -0.05) is 6.92 Å². The maximum Gasteiger partial charge on any atom is 0.185 e. The van der Waals surface area contributed by atoms with Crippen molar-refractivity contribution in [3.63, 3.8) is 0 Å². The fourth-order valence-corrected chi connectivity index (χ4v) is 2.83. The molecule has 1 atom stereocenters. The Balaban J connectivity index is 2.12. The number of hydrogen-bond acceptors (Lipinski definition) is 4. The molecule has 1 fully saturated rings. The maximum atomic E-state index is 5.78. The van der Waals surface area contributed by atoms with E-state index in [2.05, 4.69) is 16.8 Å². The van der Waals surface area contributed by atoms with Gasteiger partial charge >= 0.3 is 0 Å². The van der Waals surface area contributed by atoms with Crippen molar-refractivity contribution in [1.82, 2.24) is 4.98 Å². The summed E-state index contributed by atoms with van der Waals surface area (Å²) in [5.41, 5.74) is 0. The molecule has 1 aromatic heterocycles. The largest absolute Gasteiger partial charge is 0.377 e. The lowest BCUT2D eigenvalue weighted by Crippen LogP contribution is -2.45. The standard InChI is InChI=1S/C10H15ClN2OS/c1-2-8-7-14-4-3-13(8)10-12-6-9(5-11)15-10/h6,8H,2-5,7H2,1H3. The number of anilines is 1. The Hall–Kier alpha value is -0.320. The second-order valence-electron chi connectivity index (χ2n) is 3.57. The fraction of sp³-hybridized carbons (Fsp3) is 0.700. The highest BCUT2D eigenvalue weighted by molar-refractivity contribution is 7.15. The molecule has 5 heteroatoms. The van der Waals surface area contributed by atoms with Crippen molar-refractivity contribution < 1.29 is 4.74 Å². The van der Waals surface area contributed by atoms with E-state index in [9.17, 15) is 0 Å². The molecule has 0 radical (unpaired) electrons. The molecule has 3 nitrogen and oxygen atoms in total. The molecule has 2 rings (SSSR count). The van der Waals surface area contributed by atoms with E-state index in [1.807, 2.05) is 6.20 Å². The van der Waals surface area contributed by atoms with Gasteiger partial charge in [-0.2, -0.15) is 0 Å². The molecular formula is C10H15ClN2OS. The number of thiazole rings is 1. The van der Waals surface area contributed by atoms with Gasteiger partial charge in [-0.3, -0.25) is 0 Å². The first kappa shape index (κ1) is 11.2. The molecular weight excluding hydrogens is 232 g/mol. The Morgan fingerprint density at radius 2 is 2.60 bits per heavy atom. The van der Waals surface area contributed by atoms with Gasteiger partial charge in [0.15, 0.2) is 5.13 Å². The minimum absolute atomic E-state index is 0.466. The number of halogens is 1. The predicted octanol–water partition coefficient (Wildman–Crippen LogP) is 2.50. The van der Waals surface area contributed by atoms with E-state index >= 15 is 0 Å². The van der Waals surface area contributed by atoms with Gasteiger partial charge in [0.1, 0.15) is 0 Å². The van der Waals surface area contributed by atoms with Crippen LogP contribution < -0.4 is 4.90 Å². The molecule has 1 aliphatic rings. The lowest BCUT2D eigenvalue weighted by atomic mass is 10.2. The minimum atomic E-state index is 0.466. The number of aromatic nitrogens is 1. The molecule has 84 valence electrons. The third kappa shape index (κ3) is 2.44. The van der Waals surface area contributed by atoms with Crippen LogP contribution in [0, 0.1) is 0 Å². The van der Waals surface area contributed by atoms with Crippen LogP contribution in [0.4, 0.5) is 5.13 Å². The number of nitrogens with zero attached hydrogens (tertiary/aromatic N) is 2. The van der Waals surface area contributed by atoms with Gasteiger partial charge in [-0.25, -0.2) is 4.98 Å². The van der Waals surface area contributed by atoms with Crippen molar-refractivity contribution in [3.05, 3.63) is 11.1 Å². The summed E-state index contributed by atoms with van der Waals surface area (Å²) < 4.78 is 5.47. The molecule has 0 amide bonds. The minimum Gasteiger partial charge on any atom is -0.377 e. The Morgan fingerprint density at radius 1 is 1.73 bits per heavy atom. The summed E-state index contributed by atoms with van der Waals surface area (Å²) in [7, 11) is 0. The van der Waals surface area contributed by atoms with E-state index in [4.69, 9.17) is 16.3 Å². The molecule has 0 N–H and O–H groups in total. The summed E-state index contributed by atoms with van der Waals surface area (Å²) in [6.07, 6.45) is 2.96. The number of morpholine rings is 1. The average molecular weight is 247 g/mol. The molecule has 0 spiro atoms. The van der Waals surface area contributed by atoms with E-state index in [1.54, 1.807) is 11.3 Å². The van der Waals surface area contributed by atoms with Crippen LogP contribution in [-0.4, -0.2) is 30.8 Å². The van der Waals surface area contributed by atoms with Crippen molar-refractivity contribution in [2.75, 3.05) is 24.7 Å². The molecule has 0 bridgehead atoms. The monoisotopic (exact) mass is 246 g/mol. The number of ether oxygens (including phenoxy) is 1. The van der Waals surface area contributed by atoms with Crippen LogP contribution in [0.1, 0.15) is 18.2 Å². The van der Waals surface area contributed by atoms with Crippen LogP contribution in [0.3, 0.4) is 0 Å². The Bertz CT molecular complexity index is 318. The molecule has 1 saturated heterocycles. The summed E-state index contributed by atoms with van der Waals surface area (Å²) in [5, 5.41) is 1.08. The number of alkyl halides is 1. The van der Waals surface area contributed by atoms with Gasteiger partial charge in [-0.05, 0) is 6.42 Å². The molecule has 1 aromatic rings. The summed E-state index contributed by atoms with van der Waals surface area (Å²) in [6, 6.07) is 0.466. The first-order chi connectivity index (χ1) is 7.35. The molecule has 1 unspecified atom stereocenters. The van der Waals surface area contributed by atoms with Gasteiger partial charge in [-0.15, -0.1) is 22.9 Å². The van der Waals surface area contributed by atoms with E-state index < -0.39 is 0 Å². The third-order valence-corrected chi connectivity index (χ3v) is 4.10. The zero-order chi connectivity index (χ0) is 10.7. The average Bonchev–Trinajstić information content (AvgIpc) is 2.77. The quantitative estimate of drug-likeness (QED) is 0.767. The van der Waals surface area contributed by atoms with Crippen LogP contribution >= 0.6 is 22.9 Å². The Morgan fingerprint density at radius 3 is 3.27 bits per heavy atom. The summed E-state index contributed by atoms with van der Waals surface area (Å²) in [6.45, 7) is 4.73. The van der Waals surface area contributed by atoms with E-state index in [1.165, 1.54) is 0 Å². The highest BCUT2D eigenvalue weighted by Gasteiger charge is 2.23. The molecule has 15 heavy (non-hydrogen) atoms. The van der Waals surface area contributed by atoms with Crippen molar-refractivity contribution in [3.8, 4) is 0 Å². The topological polar surface area (TPSA) is 25.4 Å². The SMILES string of the molecule is CCC1COCCN1c1ncc(CCl)s1. The van der Waals surface area contributed by atoms with Gasteiger partial charge < -0.3 is 9.64 Å². The highest BCUT2D eigenvalue weighted by atomic mass is 35.5. The lowest BCUT2D eigenvalue weighted by Gasteiger charge is -2.34. The molecule has 0 aromatic carbocycles. The second kappa shape index (κ2) is 5.14. The first-order valence-electron chi connectivity index (χ1n) is 5.20. The summed E-state index contributed by atoms with van der Waals surface area (Å²) in [5.74, 6) is 0.554. The predicted molar refractivity (Wildman–Crippen MR) is 63.9 cm³/mol. The van der Waals surface area contributed by atoms with Crippen molar-refractivity contribution in [2.45, 2.75) is 25.3 Å². The molecule has 2 heterocycles. The van der Waals surface area contributed by atoms with Gasteiger partial charge in [0, 0.05) is 17.6 Å². The zero-order valence-electron chi connectivity index (χ0n) is 8.78. The summed E-state index contributed by atoms with van der Waals surface area (Å²) in [4.78, 5) is 7.88. The smallest absolute Gasteiger partial charge is 0.185 e. The van der Waals surface area contributed by atoms with E-state index in [0.29, 0.717) is 11.9 Å². The zero-order valence-corrected chi connectivity index (χ0v) is 10.4. The second-order valence-corrected chi connectivity index (χ2v) is 4.93. The Kier molecular flexibility index (Phi) is 3.83. The van der Waals surface area contributed by atoms with Crippen LogP contribution in [0.15, 0.2) is 6.20 Å². The van der Waals surface area contributed by atoms with Crippen molar-refractivity contribution in [1.29, 1.82) is 0 Å². The normalized spacial score (nSPS) is 22.0. The number of hydrogen-bond donors (Lipinski definition) is 0. The van der Waals surface area contributed by atoms with Gasteiger partial charge in [0.05, 0.1) is 25.1 Å². The van der Waals surface area contributed by atoms with Crippen LogP contribution in [-0.2, 0) is 10.6 Å². The first-order valence-corrected chi connectivity index (χ1v) is 6.55. The van der Waals surface area contributed by atoms with Crippen molar-refractivity contribution in [2.24, 2.45) is 0 Å². The van der Waals surface area contributed by atoms with Crippen LogP contribution in [0.25, 0.3) is 0 Å². The van der Waals surface area contributed by atoms with E-state index in [0.717, 1.165) is 36.2 Å². The van der Waals surface area contributed by atoms with E-state index in [-0.39, 0.29) is 0 Å². The van der Waals surface area contributed by atoms with Crippen LogP contribution in [0.2, 0.25) is 0 Å². The summed E-state index contributed by atoms with van der Waals surface area (Å²) >= 11 is 7.46. The lowest BCUT2D eigenvalue weighted by molar-refractivity contribution is 0.0930. The maximum absolute atomic E-state index is 5.78. The molecule has 1 aliphatic heterocycles. The molecule has 0 saturated carbocycles. The van der Waals surface area contributed by atoms with Gasteiger partial charge in [0.2, 0.25) is 0 Å². The highest BCUT2D eigenvalue weighted by Crippen LogP contribution is 2.27. The Labute approximate surface area is 99.0 Å². The number of rotatable bonds is 3. The third-order valence-electron chi connectivity index (χ3n) is 2.62. The van der Waals surface area contributed by atoms with Crippen LogP contribution in [0.5, 0.6) is 0 Å². The van der Waals surface area contributed by atoms with Gasteiger partial charge in [0.25, 0.3) is 0 Å². The fourth-order valence-electron chi connectivity index (χ4n) is 1.74.